The number of ketones is 1. The Morgan fingerprint density at radius 3 is 2.34 bits per heavy atom. The minimum Gasteiger partial charge on any atom is -0.507 e. The molecule has 0 aliphatic carbocycles. The molecule has 1 saturated heterocycles. The van der Waals surface area contributed by atoms with Gasteiger partial charge in [0.2, 0.25) is 0 Å². The van der Waals surface area contributed by atoms with Gasteiger partial charge in [0.05, 0.1) is 18.2 Å². The summed E-state index contributed by atoms with van der Waals surface area (Å²) in [6, 6.07) is 11.5. The number of methoxy groups -OCH3 is 1. The summed E-state index contributed by atoms with van der Waals surface area (Å²) >= 11 is 0. The minimum absolute atomic E-state index is 0.0186. The molecule has 1 aliphatic heterocycles. The van der Waals surface area contributed by atoms with E-state index in [-0.39, 0.29) is 17.9 Å². The molecule has 1 unspecified atom stereocenters. The van der Waals surface area contributed by atoms with E-state index in [1.165, 1.54) is 29.2 Å². The summed E-state index contributed by atoms with van der Waals surface area (Å²) in [4.78, 5) is 27.1. The summed E-state index contributed by atoms with van der Waals surface area (Å²) < 4.78 is 24.2. The zero-order chi connectivity index (χ0) is 23.3. The molecule has 1 atom stereocenters. The van der Waals surface area contributed by atoms with Gasteiger partial charge < -0.3 is 19.5 Å². The number of carbonyl (C=O) groups is 2. The van der Waals surface area contributed by atoms with Crippen molar-refractivity contribution in [1.82, 2.24) is 4.90 Å². The molecule has 6 nitrogen and oxygen atoms in total. The standard InChI is InChI=1S/C25H28FNO5/c1-16(2)15-32-20-11-7-18(8-12-20)23(28)21-22(17-5-9-19(26)10-6-17)27(13-4-14-31-3)25(30)24(21)29/h5-12,16,22,28H,4,13-15H2,1-3H3. The van der Waals surface area contributed by atoms with Crippen LogP contribution in [-0.4, -0.2) is 48.6 Å². The maximum absolute atomic E-state index is 13.5. The Hall–Kier alpha value is -3.19. The second-order valence-electron chi connectivity index (χ2n) is 8.12. The Bertz CT molecular complexity index is 982. The normalized spacial score (nSPS) is 17.9. The third kappa shape index (κ3) is 5.16. The number of carbonyl (C=O) groups excluding carboxylic acids is 2. The molecule has 170 valence electrons. The molecule has 7 heteroatoms. The summed E-state index contributed by atoms with van der Waals surface area (Å²) in [6.07, 6.45) is 0.517. The Balaban J connectivity index is 2.00. The van der Waals surface area contributed by atoms with Crippen molar-refractivity contribution < 1.29 is 28.6 Å². The Morgan fingerprint density at radius 2 is 1.75 bits per heavy atom. The average Bonchev–Trinajstić information content (AvgIpc) is 3.03. The van der Waals surface area contributed by atoms with E-state index in [0.717, 1.165) is 0 Å². The SMILES string of the molecule is COCCCN1C(=O)C(=O)C(=C(O)c2ccc(OCC(C)C)cc2)C1c1ccc(F)cc1. The number of aliphatic hydroxyl groups excluding tert-OH is 1. The van der Waals surface area contributed by atoms with Gasteiger partial charge in [-0.1, -0.05) is 26.0 Å². The number of hydrogen-bond donors (Lipinski definition) is 1. The molecular formula is C25H28FNO5. The fourth-order valence-electron chi connectivity index (χ4n) is 3.61. The molecule has 0 aromatic heterocycles. The van der Waals surface area contributed by atoms with Crippen LogP contribution in [0.15, 0.2) is 54.1 Å². The first-order valence-corrected chi connectivity index (χ1v) is 10.6. The van der Waals surface area contributed by atoms with E-state index >= 15 is 0 Å². The van der Waals surface area contributed by atoms with Crippen LogP contribution >= 0.6 is 0 Å². The quantitative estimate of drug-likeness (QED) is 0.272. The highest BCUT2D eigenvalue weighted by atomic mass is 19.1. The van der Waals surface area contributed by atoms with Gasteiger partial charge >= 0.3 is 0 Å². The van der Waals surface area contributed by atoms with Crippen molar-refractivity contribution in [2.75, 3.05) is 26.9 Å². The number of ether oxygens (including phenoxy) is 2. The number of benzene rings is 2. The summed E-state index contributed by atoms with van der Waals surface area (Å²) in [5.41, 5.74) is 0.917. The number of rotatable bonds is 9. The van der Waals surface area contributed by atoms with Crippen molar-refractivity contribution in [3.63, 3.8) is 0 Å². The molecule has 3 rings (SSSR count). The van der Waals surface area contributed by atoms with Crippen LogP contribution < -0.4 is 4.74 Å². The van der Waals surface area contributed by atoms with Crippen molar-refractivity contribution in [3.05, 3.63) is 71.0 Å². The topological polar surface area (TPSA) is 76.1 Å². The molecule has 2 aromatic carbocycles. The molecule has 0 radical (unpaired) electrons. The van der Waals surface area contributed by atoms with Gasteiger partial charge in [0.1, 0.15) is 17.3 Å². The fourth-order valence-corrected chi connectivity index (χ4v) is 3.61. The van der Waals surface area contributed by atoms with E-state index in [9.17, 15) is 19.1 Å². The van der Waals surface area contributed by atoms with E-state index in [4.69, 9.17) is 9.47 Å². The van der Waals surface area contributed by atoms with E-state index < -0.39 is 23.5 Å². The summed E-state index contributed by atoms with van der Waals surface area (Å²) in [5, 5.41) is 11.0. The molecule has 0 spiro atoms. The van der Waals surface area contributed by atoms with Crippen LogP contribution in [0.4, 0.5) is 4.39 Å². The number of halogens is 1. The third-order valence-corrected chi connectivity index (χ3v) is 5.18. The van der Waals surface area contributed by atoms with Gasteiger partial charge in [-0.15, -0.1) is 0 Å². The van der Waals surface area contributed by atoms with Gasteiger partial charge in [-0.25, -0.2) is 4.39 Å². The number of aliphatic hydroxyl groups is 1. The number of amides is 1. The van der Waals surface area contributed by atoms with Crippen molar-refractivity contribution >= 4 is 17.4 Å². The smallest absolute Gasteiger partial charge is 0.295 e. The lowest BCUT2D eigenvalue weighted by atomic mass is 9.95. The van der Waals surface area contributed by atoms with Crippen LogP contribution in [0, 0.1) is 11.7 Å². The van der Waals surface area contributed by atoms with Gasteiger partial charge in [-0.2, -0.15) is 0 Å². The predicted molar refractivity (Wildman–Crippen MR) is 119 cm³/mol. The Labute approximate surface area is 187 Å². The summed E-state index contributed by atoms with van der Waals surface area (Å²) in [6.45, 7) is 5.32. The molecule has 1 amide bonds. The van der Waals surface area contributed by atoms with Gasteiger partial charge in [-0.3, -0.25) is 9.59 Å². The van der Waals surface area contributed by atoms with Crippen LogP contribution in [0.5, 0.6) is 5.75 Å². The molecule has 0 bridgehead atoms. The first-order chi connectivity index (χ1) is 15.3. The lowest BCUT2D eigenvalue weighted by molar-refractivity contribution is -0.140. The highest BCUT2D eigenvalue weighted by Crippen LogP contribution is 2.39. The zero-order valence-corrected chi connectivity index (χ0v) is 18.5. The monoisotopic (exact) mass is 441 g/mol. The predicted octanol–water partition coefficient (Wildman–Crippen LogP) is 4.32. The summed E-state index contributed by atoms with van der Waals surface area (Å²) in [5.74, 6) is -1.16. The molecule has 1 heterocycles. The lowest BCUT2D eigenvalue weighted by Crippen LogP contribution is -2.31. The largest absolute Gasteiger partial charge is 0.507 e. The van der Waals surface area contributed by atoms with Gasteiger partial charge in [0.25, 0.3) is 11.7 Å². The van der Waals surface area contributed by atoms with Crippen LogP contribution in [0.2, 0.25) is 0 Å². The fraction of sp³-hybridized carbons (Fsp3) is 0.360. The third-order valence-electron chi connectivity index (χ3n) is 5.18. The molecule has 1 N–H and O–H groups in total. The first-order valence-electron chi connectivity index (χ1n) is 10.6. The number of Topliss-reactive ketones (excluding diaryl/α,β-unsaturated/α-hetero) is 1. The second-order valence-corrected chi connectivity index (χ2v) is 8.12. The van der Waals surface area contributed by atoms with Crippen LogP contribution in [-0.2, 0) is 14.3 Å². The van der Waals surface area contributed by atoms with E-state index in [1.807, 2.05) is 13.8 Å². The van der Waals surface area contributed by atoms with Crippen molar-refractivity contribution in [1.29, 1.82) is 0 Å². The van der Waals surface area contributed by atoms with Gasteiger partial charge in [0, 0.05) is 25.8 Å². The molecule has 2 aromatic rings. The highest BCUT2D eigenvalue weighted by Gasteiger charge is 2.45. The zero-order valence-electron chi connectivity index (χ0n) is 18.5. The lowest BCUT2D eigenvalue weighted by Gasteiger charge is -2.25. The van der Waals surface area contributed by atoms with Crippen molar-refractivity contribution in [2.45, 2.75) is 26.3 Å². The van der Waals surface area contributed by atoms with Crippen LogP contribution in [0.1, 0.15) is 37.4 Å². The molecular weight excluding hydrogens is 413 g/mol. The van der Waals surface area contributed by atoms with Crippen molar-refractivity contribution in [2.24, 2.45) is 5.92 Å². The number of likely N-dealkylation sites (tertiary alicyclic amines) is 1. The summed E-state index contributed by atoms with van der Waals surface area (Å²) in [7, 11) is 1.56. The molecule has 32 heavy (non-hydrogen) atoms. The Morgan fingerprint density at radius 1 is 1.09 bits per heavy atom. The minimum atomic E-state index is -0.815. The van der Waals surface area contributed by atoms with E-state index in [0.29, 0.717) is 42.4 Å². The average molecular weight is 441 g/mol. The molecule has 1 aliphatic rings. The van der Waals surface area contributed by atoms with E-state index in [2.05, 4.69) is 0 Å². The molecule has 1 fully saturated rings. The second kappa shape index (κ2) is 10.4. The van der Waals surface area contributed by atoms with Crippen molar-refractivity contribution in [3.8, 4) is 5.75 Å². The maximum Gasteiger partial charge on any atom is 0.295 e. The molecule has 0 saturated carbocycles. The maximum atomic E-state index is 13.5. The number of nitrogens with zero attached hydrogens (tertiary/aromatic N) is 1. The van der Waals surface area contributed by atoms with Gasteiger partial charge in [0.15, 0.2) is 0 Å². The van der Waals surface area contributed by atoms with Crippen LogP contribution in [0.25, 0.3) is 5.76 Å². The van der Waals surface area contributed by atoms with Gasteiger partial charge in [-0.05, 0) is 54.3 Å². The highest BCUT2D eigenvalue weighted by molar-refractivity contribution is 6.46. The van der Waals surface area contributed by atoms with E-state index in [1.54, 1.807) is 31.4 Å². The Kier molecular flexibility index (Phi) is 7.64. The number of hydrogen-bond acceptors (Lipinski definition) is 5. The van der Waals surface area contributed by atoms with Crippen LogP contribution in [0.3, 0.4) is 0 Å². The first kappa shape index (κ1) is 23.5.